The Morgan fingerprint density at radius 3 is 2.64 bits per heavy atom. The number of halogens is 3. The minimum atomic E-state index is -4.77. The Kier molecular flexibility index (Phi) is 5.12. The summed E-state index contributed by atoms with van der Waals surface area (Å²) in [5.74, 6) is -1.07. The Bertz CT molecular complexity index is 931. The molecule has 0 atom stereocenters. The van der Waals surface area contributed by atoms with E-state index in [4.69, 9.17) is 5.73 Å². The highest BCUT2D eigenvalue weighted by Gasteiger charge is 2.31. The molecular weight excluding hydrogens is 379 g/mol. The number of amides is 1. The second-order valence-corrected chi connectivity index (χ2v) is 6.33. The summed E-state index contributed by atoms with van der Waals surface area (Å²) in [6.45, 7) is 0.753. The van der Waals surface area contributed by atoms with Crippen LogP contribution >= 0.6 is 0 Å². The molecule has 3 rings (SSSR count). The molecule has 0 radical (unpaired) electrons. The average molecular weight is 395 g/mol. The zero-order valence-corrected chi connectivity index (χ0v) is 14.5. The second kappa shape index (κ2) is 7.37. The van der Waals surface area contributed by atoms with E-state index in [0.717, 1.165) is 6.07 Å². The van der Waals surface area contributed by atoms with E-state index in [1.807, 2.05) is 4.90 Å². The molecule has 2 N–H and O–H groups in total. The van der Waals surface area contributed by atoms with E-state index in [-0.39, 0.29) is 23.5 Å². The Morgan fingerprint density at radius 1 is 1.25 bits per heavy atom. The first kappa shape index (κ1) is 19.5. The lowest BCUT2D eigenvalue weighted by Gasteiger charge is -2.31. The molecule has 0 saturated carbocycles. The number of nitrogens with two attached hydrogens (primary N) is 1. The van der Waals surface area contributed by atoms with Gasteiger partial charge in [-0.25, -0.2) is 0 Å². The van der Waals surface area contributed by atoms with Crippen LogP contribution in [0.3, 0.4) is 0 Å². The molecule has 0 aromatic heterocycles. The maximum absolute atomic E-state index is 12.4. The van der Waals surface area contributed by atoms with Crippen LogP contribution < -0.4 is 15.4 Å². The summed E-state index contributed by atoms with van der Waals surface area (Å²) in [7, 11) is 0. The van der Waals surface area contributed by atoms with E-state index in [2.05, 4.69) is 4.74 Å². The molecule has 7 nitrogen and oxygen atoms in total. The van der Waals surface area contributed by atoms with Crippen molar-refractivity contribution in [3.8, 4) is 5.75 Å². The first-order valence-corrected chi connectivity index (χ1v) is 8.35. The standard InChI is InChI=1S/C18H16F3N3O4/c19-18(20,21)28-14-5-6-15-11(8-14)2-1-7-23(15)10-13-4-3-12(17(22)25)9-16(13)24(26)27/h3-6,8-9H,1-2,7,10H2,(H2,22,25). The van der Waals surface area contributed by atoms with E-state index in [1.54, 1.807) is 0 Å². The predicted molar refractivity (Wildman–Crippen MR) is 94.1 cm³/mol. The fraction of sp³-hybridized carbons (Fsp3) is 0.278. The van der Waals surface area contributed by atoms with Gasteiger partial charge in [0.05, 0.1) is 4.92 Å². The molecular formula is C18H16F3N3O4. The molecule has 0 bridgehead atoms. The molecule has 10 heteroatoms. The lowest BCUT2D eigenvalue weighted by atomic mass is 10.00. The van der Waals surface area contributed by atoms with Crippen molar-refractivity contribution in [2.75, 3.05) is 11.4 Å². The van der Waals surface area contributed by atoms with E-state index in [9.17, 15) is 28.1 Å². The number of aryl methyl sites for hydroxylation is 1. The molecule has 0 spiro atoms. The van der Waals surface area contributed by atoms with Gasteiger partial charge in [0, 0.05) is 36.0 Å². The van der Waals surface area contributed by atoms with Gasteiger partial charge in [0.15, 0.2) is 0 Å². The monoisotopic (exact) mass is 395 g/mol. The fourth-order valence-electron chi connectivity index (χ4n) is 3.24. The largest absolute Gasteiger partial charge is 0.573 e. The van der Waals surface area contributed by atoms with E-state index in [0.29, 0.717) is 36.2 Å². The average Bonchev–Trinajstić information content (AvgIpc) is 2.60. The number of nitrogens with zero attached hydrogens (tertiary/aromatic N) is 2. The van der Waals surface area contributed by atoms with Gasteiger partial charge in [-0.3, -0.25) is 14.9 Å². The minimum Gasteiger partial charge on any atom is -0.406 e. The summed E-state index contributed by atoms with van der Waals surface area (Å²) in [6, 6.07) is 8.07. The van der Waals surface area contributed by atoms with Crippen LogP contribution in [0.5, 0.6) is 5.75 Å². The first-order valence-electron chi connectivity index (χ1n) is 8.35. The number of fused-ring (bicyclic) bond motifs is 1. The molecule has 1 heterocycles. The number of ether oxygens (including phenoxy) is 1. The lowest BCUT2D eigenvalue weighted by molar-refractivity contribution is -0.385. The van der Waals surface area contributed by atoms with Gasteiger partial charge in [-0.15, -0.1) is 13.2 Å². The summed E-state index contributed by atoms with van der Waals surface area (Å²) in [5, 5.41) is 11.4. The molecule has 0 unspecified atom stereocenters. The first-order chi connectivity index (χ1) is 13.1. The number of rotatable bonds is 5. The van der Waals surface area contributed by atoms with Crippen molar-refractivity contribution >= 4 is 17.3 Å². The number of alkyl halides is 3. The number of benzene rings is 2. The number of anilines is 1. The highest BCUT2D eigenvalue weighted by Crippen LogP contribution is 2.34. The molecule has 1 aliphatic rings. The third-order valence-electron chi connectivity index (χ3n) is 4.43. The number of nitro benzene ring substituents is 1. The fourth-order valence-corrected chi connectivity index (χ4v) is 3.24. The van der Waals surface area contributed by atoms with Crippen molar-refractivity contribution in [2.24, 2.45) is 5.73 Å². The van der Waals surface area contributed by atoms with Crippen LogP contribution in [-0.2, 0) is 13.0 Å². The van der Waals surface area contributed by atoms with Crippen molar-refractivity contribution in [1.82, 2.24) is 0 Å². The highest BCUT2D eigenvalue weighted by molar-refractivity contribution is 5.93. The summed E-state index contributed by atoms with van der Waals surface area (Å²) in [4.78, 5) is 23.9. The molecule has 0 fully saturated rings. The van der Waals surface area contributed by atoms with Gasteiger partial charge in [-0.2, -0.15) is 0 Å². The number of hydrogen-bond donors (Lipinski definition) is 1. The van der Waals surface area contributed by atoms with Crippen molar-refractivity contribution in [1.29, 1.82) is 0 Å². The van der Waals surface area contributed by atoms with Crippen LogP contribution in [0.15, 0.2) is 36.4 Å². The van der Waals surface area contributed by atoms with Gasteiger partial charge in [0.25, 0.3) is 5.69 Å². The molecule has 1 amide bonds. The van der Waals surface area contributed by atoms with Gasteiger partial charge in [0.2, 0.25) is 5.91 Å². The number of nitro groups is 1. The quantitative estimate of drug-likeness (QED) is 0.617. The zero-order valence-electron chi connectivity index (χ0n) is 14.5. The Morgan fingerprint density at radius 2 is 2.00 bits per heavy atom. The van der Waals surface area contributed by atoms with Crippen molar-refractivity contribution in [2.45, 2.75) is 25.7 Å². The molecule has 0 saturated heterocycles. The second-order valence-electron chi connectivity index (χ2n) is 6.33. The normalized spacial score (nSPS) is 13.8. The molecule has 148 valence electrons. The van der Waals surface area contributed by atoms with Crippen molar-refractivity contribution < 1.29 is 27.6 Å². The van der Waals surface area contributed by atoms with Crippen LogP contribution in [0.1, 0.15) is 27.9 Å². The van der Waals surface area contributed by atoms with Gasteiger partial charge in [0.1, 0.15) is 5.75 Å². The Hall–Kier alpha value is -3.30. The minimum absolute atomic E-state index is 0.0310. The topological polar surface area (TPSA) is 98.7 Å². The van der Waals surface area contributed by atoms with Crippen LogP contribution in [0.2, 0.25) is 0 Å². The smallest absolute Gasteiger partial charge is 0.406 e. The van der Waals surface area contributed by atoms with Crippen LogP contribution in [-0.4, -0.2) is 23.7 Å². The molecule has 2 aromatic carbocycles. The number of hydrogen-bond acceptors (Lipinski definition) is 5. The van der Waals surface area contributed by atoms with E-state index in [1.165, 1.54) is 30.3 Å². The van der Waals surface area contributed by atoms with Crippen LogP contribution in [0.25, 0.3) is 0 Å². The summed E-state index contributed by atoms with van der Waals surface area (Å²) >= 11 is 0. The van der Waals surface area contributed by atoms with Crippen molar-refractivity contribution in [3.05, 3.63) is 63.2 Å². The Labute approximate surface area is 157 Å². The third-order valence-corrected chi connectivity index (χ3v) is 4.43. The maximum Gasteiger partial charge on any atom is 0.573 e. The lowest BCUT2D eigenvalue weighted by Crippen LogP contribution is -2.29. The SMILES string of the molecule is NC(=O)c1ccc(CN2CCCc3cc(OC(F)(F)F)ccc32)c([N+](=O)[O-])c1. The molecule has 1 aliphatic heterocycles. The molecule has 0 aliphatic carbocycles. The van der Waals surface area contributed by atoms with Gasteiger partial charge < -0.3 is 15.4 Å². The van der Waals surface area contributed by atoms with E-state index < -0.39 is 17.2 Å². The number of carbonyl (C=O) groups is 1. The summed E-state index contributed by atoms with van der Waals surface area (Å²) in [5.41, 5.74) is 6.70. The number of carbonyl (C=O) groups excluding carboxylic acids is 1. The highest BCUT2D eigenvalue weighted by atomic mass is 19.4. The molecule has 28 heavy (non-hydrogen) atoms. The maximum atomic E-state index is 12.4. The van der Waals surface area contributed by atoms with E-state index >= 15 is 0 Å². The molecule has 2 aromatic rings. The van der Waals surface area contributed by atoms with Crippen LogP contribution in [0, 0.1) is 10.1 Å². The van der Waals surface area contributed by atoms with Crippen molar-refractivity contribution in [3.63, 3.8) is 0 Å². The van der Waals surface area contributed by atoms with Gasteiger partial charge in [-0.05, 0) is 48.7 Å². The predicted octanol–water partition coefficient (Wildman–Crippen LogP) is 3.55. The zero-order chi connectivity index (χ0) is 20.5. The van der Waals surface area contributed by atoms with Crippen LogP contribution in [0.4, 0.5) is 24.5 Å². The van der Waals surface area contributed by atoms with Gasteiger partial charge >= 0.3 is 6.36 Å². The summed E-state index contributed by atoms with van der Waals surface area (Å²) < 4.78 is 41.2. The van der Waals surface area contributed by atoms with Gasteiger partial charge in [-0.1, -0.05) is 0 Å². The third kappa shape index (κ3) is 4.33. The summed E-state index contributed by atoms with van der Waals surface area (Å²) in [6.07, 6.45) is -3.52. The Balaban J connectivity index is 1.89. The number of primary amides is 1.